The molecule has 8 nitrogen and oxygen atoms in total. The van der Waals surface area contributed by atoms with Crippen LogP contribution in [0.15, 0.2) is 57.6 Å². The zero-order chi connectivity index (χ0) is 21.7. The van der Waals surface area contributed by atoms with Gasteiger partial charge in [0, 0.05) is 29.1 Å². The van der Waals surface area contributed by atoms with Gasteiger partial charge in [-0.05, 0) is 46.3 Å². The number of amides is 2. The van der Waals surface area contributed by atoms with Crippen LogP contribution in [0, 0.1) is 0 Å². The molecule has 0 aliphatic carbocycles. The minimum Gasteiger partial charge on any atom is -0.493 e. The molecule has 9 heteroatoms. The smallest absolute Gasteiger partial charge is 0.291 e. The summed E-state index contributed by atoms with van der Waals surface area (Å²) in [5, 5.41) is 5.47. The number of ether oxygens (including phenoxy) is 3. The fraction of sp³-hybridized carbons (Fsp3) is 0.143. The summed E-state index contributed by atoms with van der Waals surface area (Å²) in [4.78, 5) is 25.0. The van der Waals surface area contributed by atoms with Gasteiger partial charge in [0.15, 0.2) is 21.9 Å². The molecule has 0 fully saturated rings. The third kappa shape index (κ3) is 4.74. The highest BCUT2D eigenvalue weighted by Crippen LogP contribution is 2.40. The maximum absolute atomic E-state index is 12.7. The molecule has 0 atom stereocenters. The number of carbonyl (C=O) groups is 2. The largest absolute Gasteiger partial charge is 0.493 e. The Morgan fingerprint density at radius 2 is 1.50 bits per heavy atom. The highest BCUT2D eigenvalue weighted by Gasteiger charge is 2.16. The summed E-state index contributed by atoms with van der Waals surface area (Å²) in [5.74, 6) is 0.598. The number of halogens is 1. The molecule has 156 valence electrons. The highest BCUT2D eigenvalue weighted by atomic mass is 79.9. The van der Waals surface area contributed by atoms with E-state index in [-0.39, 0.29) is 11.7 Å². The molecule has 2 amide bonds. The number of benzene rings is 2. The van der Waals surface area contributed by atoms with Crippen LogP contribution in [0.5, 0.6) is 17.2 Å². The van der Waals surface area contributed by atoms with E-state index < -0.39 is 5.91 Å². The van der Waals surface area contributed by atoms with E-state index in [0.717, 1.165) is 0 Å². The van der Waals surface area contributed by atoms with Crippen molar-refractivity contribution in [3.63, 3.8) is 0 Å². The zero-order valence-electron chi connectivity index (χ0n) is 16.4. The second-order valence-corrected chi connectivity index (χ2v) is 6.79. The maximum atomic E-state index is 12.7. The van der Waals surface area contributed by atoms with Gasteiger partial charge in [0.1, 0.15) is 0 Å². The average Bonchev–Trinajstić information content (AvgIpc) is 3.19. The van der Waals surface area contributed by atoms with Crippen molar-refractivity contribution in [2.75, 3.05) is 32.0 Å². The van der Waals surface area contributed by atoms with E-state index in [1.54, 1.807) is 48.5 Å². The van der Waals surface area contributed by atoms with Crippen LogP contribution in [0.2, 0.25) is 0 Å². The van der Waals surface area contributed by atoms with E-state index >= 15 is 0 Å². The van der Waals surface area contributed by atoms with E-state index in [1.165, 1.54) is 21.3 Å². The van der Waals surface area contributed by atoms with Gasteiger partial charge in [-0.1, -0.05) is 6.07 Å². The lowest BCUT2D eigenvalue weighted by molar-refractivity contribution is 0.0992. The molecule has 30 heavy (non-hydrogen) atoms. The second-order valence-electron chi connectivity index (χ2n) is 6.01. The van der Waals surface area contributed by atoms with Gasteiger partial charge in [-0.25, -0.2) is 0 Å². The summed E-state index contributed by atoms with van der Waals surface area (Å²) in [7, 11) is 4.49. The van der Waals surface area contributed by atoms with Gasteiger partial charge in [0.25, 0.3) is 11.8 Å². The van der Waals surface area contributed by atoms with Crippen molar-refractivity contribution in [3.8, 4) is 17.2 Å². The van der Waals surface area contributed by atoms with Crippen molar-refractivity contribution in [1.82, 2.24) is 0 Å². The molecule has 1 aromatic heterocycles. The molecular formula is C21H19BrN2O6. The lowest BCUT2D eigenvalue weighted by Gasteiger charge is -2.15. The predicted molar refractivity (Wildman–Crippen MR) is 115 cm³/mol. The maximum Gasteiger partial charge on any atom is 0.291 e. The van der Waals surface area contributed by atoms with E-state index in [0.29, 0.717) is 38.9 Å². The van der Waals surface area contributed by atoms with Crippen LogP contribution in [0.4, 0.5) is 11.4 Å². The van der Waals surface area contributed by atoms with Gasteiger partial charge in [-0.2, -0.15) is 0 Å². The van der Waals surface area contributed by atoms with Gasteiger partial charge in [0.05, 0.1) is 21.3 Å². The van der Waals surface area contributed by atoms with Gasteiger partial charge in [0.2, 0.25) is 5.75 Å². The molecule has 3 rings (SSSR count). The van der Waals surface area contributed by atoms with Crippen LogP contribution < -0.4 is 24.8 Å². The number of anilines is 2. The van der Waals surface area contributed by atoms with E-state index in [4.69, 9.17) is 18.6 Å². The number of hydrogen-bond donors (Lipinski definition) is 2. The third-order valence-electron chi connectivity index (χ3n) is 4.10. The lowest BCUT2D eigenvalue weighted by atomic mass is 10.1. The fourth-order valence-corrected chi connectivity index (χ4v) is 3.03. The van der Waals surface area contributed by atoms with Crippen molar-refractivity contribution in [1.29, 1.82) is 0 Å². The molecule has 0 radical (unpaired) electrons. The summed E-state index contributed by atoms with van der Waals surface area (Å²) in [6.07, 6.45) is 0. The van der Waals surface area contributed by atoms with Gasteiger partial charge in [-0.3, -0.25) is 9.59 Å². The number of hydrogen-bond acceptors (Lipinski definition) is 6. The minimum atomic E-state index is -0.428. The van der Waals surface area contributed by atoms with Crippen LogP contribution in [0.25, 0.3) is 0 Å². The van der Waals surface area contributed by atoms with Gasteiger partial charge < -0.3 is 29.3 Å². The topological polar surface area (TPSA) is 99.0 Å². The number of furan rings is 1. The summed E-state index contributed by atoms with van der Waals surface area (Å²) in [5.41, 5.74) is 1.26. The van der Waals surface area contributed by atoms with Crippen molar-refractivity contribution in [2.45, 2.75) is 0 Å². The number of methoxy groups -OCH3 is 3. The first-order valence-electron chi connectivity index (χ1n) is 8.73. The molecule has 0 unspecified atom stereocenters. The quantitative estimate of drug-likeness (QED) is 0.520. The van der Waals surface area contributed by atoms with E-state index in [1.807, 2.05) is 0 Å². The molecule has 2 aromatic carbocycles. The molecule has 0 saturated carbocycles. The zero-order valence-corrected chi connectivity index (χ0v) is 18.0. The fourth-order valence-electron chi connectivity index (χ4n) is 2.72. The Morgan fingerprint density at radius 3 is 2.07 bits per heavy atom. The molecule has 3 aromatic rings. The van der Waals surface area contributed by atoms with Gasteiger partial charge in [-0.15, -0.1) is 0 Å². The highest BCUT2D eigenvalue weighted by molar-refractivity contribution is 9.10. The van der Waals surface area contributed by atoms with Crippen molar-refractivity contribution < 1.29 is 28.2 Å². The van der Waals surface area contributed by atoms with Crippen molar-refractivity contribution in [2.24, 2.45) is 0 Å². The van der Waals surface area contributed by atoms with Crippen molar-refractivity contribution in [3.05, 3.63) is 64.5 Å². The van der Waals surface area contributed by atoms with Crippen molar-refractivity contribution >= 4 is 39.1 Å². The van der Waals surface area contributed by atoms with E-state index in [9.17, 15) is 9.59 Å². The number of carbonyl (C=O) groups excluding carboxylic acids is 2. The predicted octanol–water partition coefficient (Wildman–Crippen LogP) is 4.57. The van der Waals surface area contributed by atoms with Crippen LogP contribution in [-0.4, -0.2) is 33.1 Å². The molecule has 0 saturated heterocycles. The molecule has 0 aliphatic rings. The summed E-state index contributed by atoms with van der Waals surface area (Å²) in [6.45, 7) is 0. The Bertz CT molecular complexity index is 1050. The SMILES string of the molecule is COc1cc(NC(=O)c2cccc(NC(=O)c3ccc(Br)o3)c2)cc(OC)c1OC. The molecule has 0 bridgehead atoms. The first-order chi connectivity index (χ1) is 14.4. The summed E-state index contributed by atoms with van der Waals surface area (Å²) >= 11 is 3.15. The molecule has 2 N–H and O–H groups in total. The minimum absolute atomic E-state index is 0.147. The first kappa shape index (κ1) is 21.3. The third-order valence-corrected chi connectivity index (χ3v) is 4.53. The average molecular weight is 475 g/mol. The second kappa shape index (κ2) is 9.36. The number of rotatable bonds is 7. The Kier molecular flexibility index (Phi) is 6.63. The monoisotopic (exact) mass is 474 g/mol. The Balaban J connectivity index is 1.78. The molecule has 0 aliphatic heterocycles. The normalized spacial score (nSPS) is 10.3. The van der Waals surface area contributed by atoms with Crippen LogP contribution >= 0.6 is 15.9 Å². The van der Waals surface area contributed by atoms with E-state index in [2.05, 4.69) is 26.6 Å². The van der Waals surface area contributed by atoms with Gasteiger partial charge >= 0.3 is 0 Å². The number of nitrogens with one attached hydrogen (secondary N) is 2. The molecule has 0 spiro atoms. The summed E-state index contributed by atoms with van der Waals surface area (Å²) < 4.78 is 21.6. The summed E-state index contributed by atoms with van der Waals surface area (Å²) in [6, 6.07) is 12.9. The Morgan fingerprint density at radius 1 is 0.833 bits per heavy atom. The first-order valence-corrected chi connectivity index (χ1v) is 9.52. The van der Waals surface area contributed by atoms with Crippen LogP contribution in [0.3, 0.4) is 0 Å². The molecule has 1 heterocycles. The lowest BCUT2D eigenvalue weighted by Crippen LogP contribution is -2.14. The van der Waals surface area contributed by atoms with Crippen LogP contribution in [0.1, 0.15) is 20.9 Å². The Labute approximate surface area is 181 Å². The van der Waals surface area contributed by atoms with Crippen LogP contribution in [-0.2, 0) is 0 Å². The molecular weight excluding hydrogens is 456 g/mol. The standard InChI is InChI=1S/C21H19BrN2O6/c1-27-16-10-14(11-17(28-2)19(16)29-3)24-20(25)12-5-4-6-13(9-12)23-21(26)15-7-8-18(22)30-15/h4-11H,1-3H3,(H,23,26)(H,24,25). The Hall–Kier alpha value is -3.46.